The summed E-state index contributed by atoms with van der Waals surface area (Å²) >= 11 is 1.60. The largest absolute Gasteiger partial charge is 0.336 e. The van der Waals surface area contributed by atoms with Gasteiger partial charge in [-0.2, -0.15) is 0 Å². The fourth-order valence-corrected chi connectivity index (χ4v) is 5.43. The second-order valence-corrected chi connectivity index (χ2v) is 9.45. The summed E-state index contributed by atoms with van der Waals surface area (Å²) < 4.78 is 15.7. The molecule has 1 saturated heterocycles. The number of pyridine rings is 1. The van der Waals surface area contributed by atoms with E-state index >= 15 is 0 Å². The van der Waals surface area contributed by atoms with Crippen molar-refractivity contribution in [1.29, 1.82) is 0 Å². The number of para-hydroxylation sites is 1. The Bertz CT molecular complexity index is 1390. The van der Waals surface area contributed by atoms with Gasteiger partial charge in [0, 0.05) is 66.5 Å². The Morgan fingerprint density at radius 2 is 1.70 bits per heavy atom. The quantitative estimate of drug-likeness (QED) is 0.454. The molecular formula is C26H24FN3O2S. The highest BCUT2D eigenvalue weighted by Crippen LogP contribution is 2.31. The number of piperazine rings is 1. The summed E-state index contributed by atoms with van der Waals surface area (Å²) in [7, 11) is 1.72. The number of halogens is 1. The van der Waals surface area contributed by atoms with Crippen molar-refractivity contribution in [3.05, 3.63) is 93.3 Å². The van der Waals surface area contributed by atoms with Gasteiger partial charge >= 0.3 is 0 Å². The van der Waals surface area contributed by atoms with Crippen molar-refractivity contribution in [2.75, 3.05) is 26.2 Å². The molecule has 3 heterocycles. The van der Waals surface area contributed by atoms with Crippen LogP contribution in [-0.2, 0) is 13.6 Å². The molecule has 1 amide bonds. The Morgan fingerprint density at radius 1 is 0.970 bits per heavy atom. The van der Waals surface area contributed by atoms with E-state index in [1.807, 2.05) is 41.3 Å². The molecule has 1 aliphatic heterocycles. The topological polar surface area (TPSA) is 45.6 Å². The van der Waals surface area contributed by atoms with Gasteiger partial charge in [0.2, 0.25) is 0 Å². The summed E-state index contributed by atoms with van der Waals surface area (Å²) in [6.07, 6.45) is 0. The van der Waals surface area contributed by atoms with Gasteiger partial charge in [-0.05, 0) is 24.3 Å². The van der Waals surface area contributed by atoms with Crippen molar-refractivity contribution < 1.29 is 9.18 Å². The molecule has 33 heavy (non-hydrogen) atoms. The highest BCUT2D eigenvalue weighted by Gasteiger charge is 2.24. The molecule has 4 aromatic rings. The summed E-state index contributed by atoms with van der Waals surface area (Å²) in [5, 5.41) is 0.797. The minimum atomic E-state index is -0.207. The normalized spacial score (nSPS) is 14.7. The van der Waals surface area contributed by atoms with Crippen molar-refractivity contribution in [2.45, 2.75) is 6.54 Å². The van der Waals surface area contributed by atoms with Crippen LogP contribution in [0.25, 0.3) is 21.3 Å². The molecule has 0 aliphatic carbocycles. The predicted octanol–water partition coefficient (Wildman–Crippen LogP) is 4.36. The number of carbonyl (C=O) groups is 1. The predicted molar refractivity (Wildman–Crippen MR) is 130 cm³/mol. The maximum Gasteiger partial charge on any atom is 0.254 e. The maximum atomic E-state index is 14.1. The number of hydrogen-bond donors (Lipinski definition) is 0. The monoisotopic (exact) mass is 461 g/mol. The molecular weight excluding hydrogens is 437 g/mol. The van der Waals surface area contributed by atoms with E-state index in [0.29, 0.717) is 24.2 Å². The minimum absolute atomic E-state index is 0.0958. The molecule has 5 rings (SSSR count). The van der Waals surface area contributed by atoms with Gasteiger partial charge in [0.1, 0.15) is 5.82 Å². The SMILES string of the molecule is Cn1c(=O)cc(C(=O)N2CCN(Cc3ccc(-c4ccccc4F)s3)CC2)c2ccccc21. The second kappa shape index (κ2) is 8.92. The lowest BCUT2D eigenvalue weighted by molar-refractivity contribution is 0.0631. The zero-order chi connectivity index (χ0) is 22.9. The third-order valence-electron chi connectivity index (χ3n) is 6.22. The molecule has 7 heteroatoms. The number of nitrogens with zero attached hydrogens (tertiary/aromatic N) is 3. The first-order valence-electron chi connectivity index (χ1n) is 11.0. The van der Waals surface area contributed by atoms with Gasteiger partial charge in [-0.15, -0.1) is 11.3 Å². The van der Waals surface area contributed by atoms with Gasteiger partial charge in [0.05, 0.1) is 11.1 Å². The summed E-state index contributed by atoms with van der Waals surface area (Å²) in [4.78, 5) is 31.9. The van der Waals surface area contributed by atoms with Crippen LogP contribution in [-0.4, -0.2) is 46.5 Å². The lowest BCUT2D eigenvalue weighted by Gasteiger charge is -2.34. The van der Waals surface area contributed by atoms with E-state index in [2.05, 4.69) is 11.0 Å². The van der Waals surface area contributed by atoms with Gasteiger partial charge in [-0.1, -0.05) is 36.4 Å². The van der Waals surface area contributed by atoms with Crippen LogP contribution in [0, 0.1) is 5.82 Å². The van der Waals surface area contributed by atoms with E-state index < -0.39 is 0 Å². The smallest absolute Gasteiger partial charge is 0.254 e. The molecule has 1 fully saturated rings. The molecule has 5 nitrogen and oxygen atoms in total. The average Bonchev–Trinajstić information content (AvgIpc) is 3.30. The van der Waals surface area contributed by atoms with Gasteiger partial charge < -0.3 is 9.47 Å². The van der Waals surface area contributed by atoms with Gasteiger partial charge in [-0.3, -0.25) is 14.5 Å². The molecule has 0 bridgehead atoms. The van der Waals surface area contributed by atoms with Crippen molar-refractivity contribution in [2.24, 2.45) is 7.05 Å². The standard InChI is InChI=1S/C26H24FN3O2S/c1-28-23-9-5-3-6-19(23)21(16-25(28)31)26(32)30-14-12-29(13-15-30)17-18-10-11-24(33-18)20-7-2-4-8-22(20)27/h2-11,16H,12-15,17H2,1H3. The highest BCUT2D eigenvalue weighted by molar-refractivity contribution is 7.15. The highest BCUT2D eigenvalue weighted by atomic mass is 32.1. The third-order valence-corrected chi connectivity index (χ3v) is 7.33. The van der Waals surface area contributed by atoms with Gasteiger partial charge in [-0.25, -0.2) is 4.39 Å². The van der Waals surface area contributed by atoms with E-state index in [4.69, 9.17) is 0 Å². The minimum Gasteiger partial charge on any atom is -0.336 e. The van der Waals surface area contributed by atoms with Gasteiger partial charge in [0.15, 0.2) is 0 Å². The Morgan fingerprint density at radius 3 is 2.48 bits per heavy atom. The van der Waals surface area contributed by atoms with Crippen LogP contribution in [0.2, 0.25) is 0 Å². The second-order valence-electron chi connectivity index (χ2n) is 8.29. The average molecular weight is 462 g/mol. The molecule has 0 saturated carbocycles. The molecule has 168 valence electrons. The van der Waals surface area contributed by atoms with Crippen molar-refractivity contribution in [3.63, 3.8) is 0 Å². The molecule has 2 aromatic carbocycles. The van der Waals surface area contributed by atoms with Crippen LogP contribution in [0.15, 0.2) is 71.5 Å². The first-order valence-corrected chi connectivity index (χ1v) is 11.8. The number of hydrogen-bond acceptors (Lipinski definition) is 4. The van der Waals surface area contributed by atoms with Crippen molar-refractivity contribution >= 4 is 28.1 Å². The van der Waals surface area contributed by atoms with Crippen LogP contribution in [0.4, 0.5) is 4.39 Å². The van der Waals surface area contributed by atoms with E-state index in [1.54, 1.807) is 35.1 Å². The van der Waals surface area contributed by atoms with Crippen LogP contribution in [0.1, 0.15) is 15.2 Å². The Kier molecular flexibility index (Phi) is 5.83. The summed E-state index contributed by atoms with van der Waals surface area (Å²) in [5.41, 5.74) is 1.68. The number of rotatable bonds is 4. The Balaban J connectivity index is 1.26. The van der Waals surface area contributed by atoms with Crippen LogP contribution >= 0.6 is 11.3 Å². The molecule has 1 aliphatic rings. The first kappa shape index (κ1) is 21.6. The molecule has 2 aromatic heterocycles. The summed E-state index contributed by atoms with van der Waals surface area (Å²) in [5.74, 6) is -0.303. The fourth-order valence-electron chi connectivity index (χ4n) is 4.36. The van der Waals surface area contributed by atoms with Crippen molar-refractivity contribution in [3.8, 4) is 10.4 Å². The summed E-state index contributed by atoms with van der Waals surface area (Å²) in [6.45, 7) is 3.49. The number of benzene rings is 2. The maximum absolute atomic E-state index is 14.1. The van der Waals surface area contributed by atoms with Crippen LogP contribution in [0.5, 0.6) is 0 Å². The third kappa shape index (κ3) is 4.21. The molecule has 0 N–H and O–H groups in total. The molecule has 0 unspecified atom stereocenters. The van der Waals surface area contributed by atoms with E-state index in [-0.39, 0.29) is 17.3 Å². The number of aryl methyl sites for hydroxylation is 1. The van der Waals surface area contributed by atoms with Crippen molar-refractivity contribution in [1.82, 2.24) is 14.4 Å². The zero-order valence-electron chi connectivity index (χ0n) is 18.3. The number of aromatic nitrogens is 1. The lowest BCUT2D eigenvalue weighted by Crippen LogP contribution is -2.48. The molecule has 0 spiro atoms. The number of amides is 1. The lowest BCUT2D eigenvalue weighted by atomic mass is 10.1. The number of carbonyl (C=O) groups excluding carboxylic acids is 1. The fraction of sp³-hybridized carbons (Fsp3) is 0.231. The van der Waals surface area contributed by atoms with Crippen LogP contribution < -0.4 is 5.56 Å². The number of thiophene rings is 1. The number of fused-ring (bicyclic) bond motifs is 1. The van der Waals surface area contributed by atoms with E-state index in [0.717, 1.165) is 35.4 Å². The van der Waals surface area contributed by atoms with E-state index in [1.165, 1.54) is 17.0 Å². The molecule has 0 atom stereocenters. The first-order chi connectivity index (χ1) is 16.0. The Hall–Kier alpha value is -3.29. The summed E-state index contributed by atoms with van der Waals surface area (Å²) in [6, 6.07) is 19.8. The zero-order valence-corrected chi connectivity index (χ0v) is 19.1. The molecule has 0 radical (unpaired) electrons. The van der Waals surface area contributed by atoms with Gasteiger partial charge in [0.25, 0.3) is 11.5 Å². The van der Waals surface area contributed by atoms with Crippen LogP contribution in [0.3, 0.4) is 0 Å². The Labute approximate surface area is 195 Å². The van der Waals surface area contributed by atoms with E-state index in [9.17, 15) is 14.0 Å².